The standard InChI is InChI=1S/C4H7ClO2S2/c5-9(6,7)4-1-2-8-3-4/h4H,1-3H2. The van der Waals surface area contributed by atoms with Crippen molar-refractivity contribution in [3.8, 4) is 0 Å². The van der Waals surface area contributed by atoms with Gasteiger partial charge in [-0.25, -0.2) is 8.42 Å². The molecule has 5 heteroatoms. The average Bonchev–Trinajstić information content (AvgIpc) is 2.08. The fourth-order valence-electron chi connectivity index (χ4n) is 0.735. The van der Waals surface area contributed by atoms with Gasteiger partial charge in [0, 0.05) is 16.4 Å². The van der Waals surface area contributed by atoms with Crippen molar-refractivity contribution in [3.05, 3.63) is 0 Å². The summed E-state index contributed by atoms with van der Waals surface area (Å²) < 4.78 is 21.2. The van der Waals surface area contributed by atoms with Crippen LogP contribution in [0.25, 0.3) is 0 Å². The maximum atomic E-state index is 10.6. The largest absolute Gasteiger partial charge is 0.236 e. The molecule has 0 aromatic heterocycles. The van der Waals surface area contributed by atoms with Gasteiger partial charge in [-0.15, -0.1) is 0 Å². The van der Waals surface area contributed by atoms with Crippen LogP contribution in [0.1, 0.15) is 6.42 Å². The van der Waals surface area contributed by atoms with Crippen molar-refractivity contribution in [2.45, 2.75) is 11.7 Å². The molecule has 0 amide bonds. The van der Waals surface area contributed by atoms with Crippen molar-refractivity contribution < 1.29 is 8.42 Å². The quantitative estimate of drug-likeness (QED) is 0.575. The Bertz CT molecular complexity index is 181. The molecular formula is C4H7ClO2S2. The van der Waals surface area contributed by atoms with Crippen LogP contribution >= 0.6 is 22.4 Å². The smallest absolute Gasteiger partial charge is 0.212 e. The minimum atomic E-state index is -3.25. The number of hydrogen-bond donors (Lipinski definition) is 0. The van der Waals surface area contributed by atoms with Crippen molar-refractivity contribution in [2.24, 2.45) is 0 Å². The second-order valence-electron chi connectivity index (χ2n) is 1.96. The van der Waals surface area contributed by atoms with E-state index in [0.29, 0.717) is 5.75 Å². The summed E-state index contributed by atoms with van der Waals surface area (Å²) in [5.41, 5.74) is 0. The van der Waals surface area contributed by atoms with Crippen molar-refractivity contribution in [1.29, 1.82) is 0 Å². The molecule has 0 saturated carbocycles. The van der Waals surface area contributed by atoms with Gasteiger partial charge in [-0.2, -0.15) is 11.8 Å². The van der Waals surface area contributed by atoms with E-state index in [4.69, 9.17) is 10.7 Å². The first-order valence-corrected chi connectivity index (χ1v) is 6.14. The Morgan fingerprint density at radius 1 is 1.56 bits per heavy atom. The van der Waals surface area contributed by atoms with Gasteiger partial charge in [0.05, 0.1) is 5.25 Å². The molecule has 54 valence electrons. The fourth-order valence-corrected chi connectivity index (χ4v) is 4.00. The molecule has 0 radical (unpaired) electrons. The molecule has 0 aliphatic carbocycles. The van der Waals surface area contributed by atoms with Crippen molar-refractivity contribution in [1.82, 2.24) is 0 Å². The van der Waals surface area contributed by atoms with E-state index in [9.17, 15) is 8.42 Å². The molecule has 1 saturated heterocycles. The zero-order valence-electron chi connectivity index (χ0n) is 4.71. The second kappa shape index (κ2) is 2.68. The maximum absolute atomic E-state index is 10.6. The lowest BCUT2D eigenvalue weighted by Gasteiger charge is -1.99. The predicted molar refractivity (Wildman–Crippen MR) is 40.5 cm³/mol. The van der Waals surface area contributed by atoms with Gasteiger partial charge >= 0.3 is 0 Å². The molecule has 1 heterocycles. The molecule has 1 fully saturated rings. The molecule has 2 nitrogen and oxygen atoms in total. The predicted octanol–water partition coefficient (Wildman–Crippen LogP) is 1.06. The van der Waals surface area contributed by atoms with Crippen molar-refractivity contribution in [2.75, 3.05) is 11.5 Å². The van der Waals surface area contributed by atoms with E-state index < -0.39 is 9.05 Å². The Morgan fingerprint density at radius 2 is 2.22 bits per heavy atom. The van der Waals surface area contributed by atoms with Crippen LogP contribution in [0.4, 0.5) is 0 Å². The minimum absolute atomic E-state index is 0.288. The Labute approximate surface area is 63.4 Å². The van der Waals surface area contributed by atoms with Crippen LogP contribution in [0.5, 0.6) is 0 Å². The molecule has 1 atom stereocenters. The van der Waals surface area contributed by atoms with Crippen LogP contribution in [0.2, 0.25) is 0 Å². The fraction of sp³-hybridized carbons (Fsp3) is 1.00. The summed E-state index contributed by atoms with van der Waals surface area (Å²) in [5, 5.41) is -0.288. The van der Waals surface area contributed by atoms with E-state index in [1.165, 1.54) is 0 Å². The summed E-state index contributed by atoms with van der Waals surface area (Å²) in [6, 6.07) is 0. The lowest BCUT2D eigenvalue weighted by molar-refractivity contribution is 0.598. The van der Waals surface area contributed by atoms with E-state index in [2.05, 4.69) is 0 Å². The Kier molecular flexibility index (Phi) is 2.29. The first-order valence-electron chi connectivity index (χ1n) is 2.62. The van der Waals surface area contributed by atoms with Crippen LogP contribution in [0.3, 0.4) is 0 Å². The third kappa shape index (κ3) is 2.02. The summed E-state index contributed by atoms with van der Waals surface area (Å²) in [6.07, 6.45) is 0.719. The van der Waals surface area contributed by atoms with Gasteiger partial charge < -0.3 is 0 Å². The molecule has 0 N–H and O–H groups in total. The third-order valence-corrected chi connectivity index (χ3v) is 4.61. The van der Waals surface area contributed by atoms with Crippen molar-refractivity contribution in [3.63, 3.8) is 0 Å². The Morgan fingerprint density at radius 3 is 2.44 bits per heavy atom. The van der Waals surface area contributed by atoms with E-state index in [0.717, 1.165) is 12.2 Å². The molecule has 0 bridgehead atoms. The first kappa shape index (κ1) is 7.69. The van der Waals surface area contributed by atoms with Gasteiger partial charge in [0.25, 0.3) is 0 Å². The van der Waals surface area contributed by atoms with Gasteiger partial charge in [0.15, 0.2) is 0 Å². The first-order chi connectivity index (χ1) is 4.11. The average molecular weight is 187 g/mol. The highest BCUT2D eigenvalue weighted by molar-refractivity contribution is 8.15. The molecule has 0 aromatic carbocycles. The van der Waals surface area contributed by atoms with Gasteiger partial charge in [0.2, 0.25) is 9.05 Å². The van der Waals surface area contributed by atoms with Crippen LogP contribution in [-0.2, 0) is 9.05 Å². The van der Waals surface area contributed by atoms with Gasteiger partial charge in [-0.05, 0) is 12.2 Å². The number of rotatable bonds is 1. The Hall–Kier alpha value is 0.590. The Balaban J connectivity index is 2.63. The SMILES string of the molecule is O=S(=O)(Cl)C1CCSC1. The van der Waals surface area contributed by atoms with Crippen LogP contribution in [0.15, 0.2) is 0 Å². The molecule has 1 rings (SSSR count). The molecule has 1 aliphatic heterocycles. The van der Waals surface area contributed by atoms with Gasteiger partial charge in [-0.3, -0.25) is 0 Å². The lowest BCUT2D eigenvalue weighted by atomic mass is 10.4. The minimum Gasteiger partial charge on any atom is -0.212 e. The highest BCUT2D eigenvalue weighted by Crippen LogP contribution is 2.25. The zero-order chi connectivity index (χ0) is 6.91. The van der Waals surface area contributed by atoms with Crippen LogP contribution < -0.4 is 0 Å². The van der Waals surface area contributed by atoms with Crippen molar-refractivity contribution >= 4 is 31.5 Å². The monoisotopic (exact) mass is 186 g/mol. The molecule has 1 unspecified atom stereocenters. The molecular weight excluding hydrogens is 180 g/mol. The number of halogens is 1. The topological polar surface area (TPSA) is 34.1 Å². The molecule has 0 spiro atoms. The van der Waals surface area contributed by atoms with Gasteiger partial charge in [-0.1, -0.05) is 0 Å². The van der Waals surface area contributed by atoms with E-state index in [-0.39, 0.29) is 5.25 Å². The summed E-state index contributed by atoms with van der Waals surface area (Å²) >= 11 is 1.65. The van der Waals surface area contributed by atoms with Crippen LogP contribution in [0, 0.1) is 0 Å². The highest BCUT2D eigenvalue weighted by Gasteiger charge is 2.26. The summed E-state index contributed by atoms with van der Waals surface area (Å²) in [5.74, 6) is 1.60. The normalized spacial score (nSPS) is 28.8. The van der Waals surface area contributed by atoms with E-state index in [1.807, 2.05) is 0 Å². The third-order valence-electron chi connectivity index (χ3n) is 1.29. The molecule has 0 aromatic rings. The summed E-state index contributed by atoms with van der Waals surface area (Å²) in [6.45, 7) is 0. The van der Waals surface area contributed by atoms with E-state index in [1.54, 1.807) is 11.8 Å². The summed E-state index contributed by atoms with van der Waals surface area (Å²) in [4.78, 5) is 0. The second-order valence-corrected chi connectivity index (χ2v) is 6.02. The molecule has 9 heavy (non-hydrogen) atoms. The zero-order valence-corrected chi connectivity index (χ0v) is 7.10. The highest BCUT2D eigenvalue weighted by atomic mass is 35.7. The molecule has 1 aliphatic rings. The van der Waals surface area contributed by atoms with E-state index >= 15 is 0 Å². The number of thioether (sulfide) groups is 1. The van der Waals surface area contributed by atoms with Crippen LogP contribution in [-0.4, -0.2) is 25.2 Å². The summed E-state index contributed by atoms with van der Waals surface area (Å²) in [7, 11) is 1.85. The number of hydrogen-bond acceptors (Lipinski definition) is 3. The maximum Gasteiger partial charge on any atom is 0.236 e. The lowest BCUT2D eigenvalue weighted by Crippen LogP contribution is -2.14. The van der Waals surface area contributed by atoms with Gasteiger partial charge in [0.1, 0.15) is 0 Å².